The second-order valence-electron chi connectivity index (χ2n) is 8.31. The average molecular weight is 487 g/mol. The van der Waals surface area contributed by atoms with Crippen LogP contribution < -0.4 is 28.6 Å². The lowest BCUT2D eigenvalue weighted by atomic mass is 9.94. The zero-order valence-corrected chi connectivity index (χ0v) is 19.2. The molecule has 0 aromatic heterocycles. The number of para-hydroxylation sites is 1. The Morgan fingerprint density at radius 1 is 0.889 bits per heavy atom. The molecule has 0 saturated carbocycles. The van der Waals surface area contributed by atoms with E-state index in [1.807, 2.05) is 0 Å². The van der Waals surface area contributed by atoms with E-state index in [2.05, 4.69) is 0 Å². The monoisotopic (exact) mass is 487 g/mol. The second-order valence-corrected chi connectivity index (χ2v) is 8.31. The lowest BCUT2D eigenvalue weighted by Gasteiger charge is -2.28. The summed E-state index contributed by atoms with van der Waals surface area (Å²) in [7, 11) is 1.51. The zero-order chi connectivity index (χ0) is 24.8. The molecule has 0 bridgehead atoms. The third kappa shape index (κ3) is 3.39. The number of benzene rings is 3. The predicted octanol–water partition coefficient (Wildman–Crippen LogP) is 3.82. The number of ketones is 1. The van der Waals surface area contributed by atoms with Gasteiger partial charge in [0.05, 0.1) is 18.7 Å². The first-order chi connectivity index (χ1) is 17.6. The van der Waals surface area contributed by atoms with Crippen LogP contribution in [-0.4, -0.2) is 43.9 Å². The SMILES string of the molecule is COc1ccccc1C1/C(=C(\O)c2ccc3c(c2)OCO3)C(=O)C(=O)N1c1ccc2c(c1)OCCO2. The first-order valence-electron chi connectivity index (χ1n) is 11.3. The van der Waals surface area contributed by atoms with Crippen molar-refractivity contribution in [2.75, 3.05) is 32.0 Å². The molecule has 3 aromatic carbocycles. The Labute approximate surface area is 206 Å². The maximum absolute atomic E-state index is 13.5. The number of aliphatic hydroxyl groups excluding tert-OH is 1. The number of Topliss-reactive ketones (excluding diaryl/α,β-unsaturated/α-hetero) is 1. The number of methoxy groups -OCH3 is 1. The summed E-state index contributed by atoms with van der Waals surface area (Å²) in [6.45, 7) is 0.859. The van der Waals surface area contributed by atoms with Gasteiger partial charge in [0.25, 0.3) is 11.7 Å². The van der Waals surface area contributed by atoms with Crippen molar-refractivity contribution in [3.8, 4) is 28.7 Å². The Morgan fingerprint density at radius 3 is 2.42 bits per heavy atom. The molecule has 3 aliphatic rings. The molecule has 3 heterocycles. The number of amides is 1. The van der Waals surface area contributed by atoms with Gasteiger partial charge in [-0.25, -0.2) is 0 Å². The fourth-order valence-electron chi connectivity index (χ4n) is 4.67. The lowest BCUT2D eigenvalue weighted by Crippen LogP contribution is -2.30. The topological polar surface area (TPSA) is 104 Å². The number of hydrogen-bond acceptors (Lipinski definition) is 8. The van der Waals surface area contributed by atoms with Crippen molar-refractivity contribution in [3.05, 3.63) is 77.4 Å². The Hall–Kier alpha value is -4.66. The van der Waals surface area contributed by atoms with E-state index in [4.69, 9.17) is 23.7 Å². The summed E-state index contributed by atoms with van der Waals surface area (Å²) in [5.74, 6) is 0.511. The average Bonchev–Trinajstić information content (AvgIpc) is 3.49. The van der Waals surface area contributed by atoms with E-state index in [-0.39, 0.29) is 18.1 Å². The number of ether oxygens (including phenoxy) is 5. The molecular formula is C27H21NO8. The van der Waals surface area contributed by atoms with Crippen molar-refractivity contribution >= 4 is 23.1 Å². The summed E-state index contributed by atoms with van der Waals surface area (Å²) in [6, 6.07) is 16.0. The Bertz CT molecular complexity index is 1430. The van der Waals surface area contributed by atoms with Crippen LogP contribution in [0.1, 0.15) is 17.2 Å². The van der Waals surface area contributed by atoms with Crippen LogP contribution in [0, 0.1) is 0 Å². The molecule has 3 aliphatic heterocycles. The second kappa shape index (κ2) is 8.53. The maximum Gasteiger partial charge on any atom is 0.300 e. The molecule has 1 amide bonds. The van der Waals surface area contributed by atoms with Crippen molar-refractivity contribution < 1.29 is 38.4 Å². The fourth-order valence-corrected chi connectivity index (χ4v) is 4.67. The van der Waals surface area contributed by atoms with E-state index in [0.717, 1.165) is 0 Å². The van der Waals surface area contributed by atoms with Gasteiger partial charge < -0.3 is 28.8 Å². The highest BCUT2D eigenvalue weighted by Crippen LogP contribution is 2.47. The number of rotatable bonds is 4. The summed E-state index contributed by atoms with van der Waals surface area (Å²) < 4.78 is 27.6. The Balaban J connectivity index is 1.55. The highest BCUT2D eigenvalue weighted by molar-refractivity contribution is 6.51. The summed E-state index contributed by atoms with van der Waals surface area (Å²) in [5, 5.41) is 11.4. The van der Waals surface area contributed by atoms with Gasteiger partial charge in [0.15, 0.2) is 23.0 Å². The third-order valence-electron chi connectivity index (χ3n) is 6.33. The van der Waals surface area contributed by atoms with Crippen LogP contribution in [0.3, 0.4) is 0 Å². The number of fused-ring (bicyclic) bond motifs is 2. The number of anilines is 1. The van der Waals surface area contributed by atoms with Crippen molar-refractivity contribution in [2.24, 2.45) is 0 Å². The van der Waals surface area contributed by atoms with Gasteiger partial charge in [0.2, 0.25) is 6.79 Å². The zero-order valence-electron chi connectivity index (χ0n) is 19.2. The first kappa shape index (κ1) is 21.8. The normalized spacial score (nSPS) is 19.5. The van der Waals surface area contributed by atoms with Crippen molar-refractivity contribution in [1.29, 1.82) is 0 Å². The maximum atomic E-state index is 13.5. The summed E-state index contributed by atoms with van der Waals surface area (Å²) in [6.07, 6.45) is 0. The predicted molar refractivity (Wildman–Crippen MR) is 128 cm³/mol. The molecule has 9 heteroatoms. The van der Waals surface area contributed by atoms with Gasteiger partial charge in [0.1, 0.15) is 24.7 Å². The summed E-state index contributed by atoms with van der Waals surface area (Å²) >= 11 is 0. The molecule has 182 valence electrons. The number of nitrogens with zero attached hydrogens (tertiary/aromatic N) is 1. The summed E-state index contributed by atoms with van der Waals surface area (Å²) in [4.78, 5) is 28.3. The van der Waals surface area contributed by atoms with Crippen molar-refractivity contribution in [1.82, 2.24) is 0 Å². The third-order valence-corrected chi connectivity index (χ3v) is 6.33. The van der Waals surface area contributed by atoms with E-state index >= 15 is 0 Å². The standard InChI is InChI=1S/C27H21NO8/c1-32-18-5-3-2-4-17(18)24-23(25(29)15-6-8-20-21(12-15)36-14-35-20)26(30)27(31)28(24)16-7-9-19-22(13-16)34-11-10-33-19/h2-9,12-13,24,29H,10-11,14H2,1H3/b25-23+. The molecule has 3 aromatic rings. The van der Waals surface area contributed by atoms with Crippen LogP contribution in [0.4, 0.5) is 5.69 Å². The van der Waals surface area contributed by atoms with Crippen LogP contribution in [0.2, 0.25) is 0 Å². The van der Waals surface area contributed by atoms with E-state index < -0.39 is 17.7 Å². The molecule has 1 unspecified atom stereocenters. The quantitative estimate of drug-likeness (QED) is 0.337. The van der Waals surface area contributed by atoms with Crippen LogP contribution >= 0.6 is 0 Å². The first-order valence-corrected chi connectivity index (χ1v) is 11.3. The minimum absolute atomic E-state index is 0.0647. The van der Waals surface area contributed by atoms with Gasteiger partial charge >= 0.3 is 0 Å². The molecule has 1 atom stereocenters. The van der Waals surface area contributed by atoms with E-state index in [1.165, 1.54) is 12.0 Å². The highest BCUT2D eigenvalue weighted by Gasteiger charge is 2.48. The molecule has 1 N–H and O–H groups in total. The van der Waals surface area contributed by atoms with Gasteiger partial charge in [0, 0.05) is 22.9 Å². The molecule has 1 saturated heterocycles. The van der Waals surface area contributed by atoms with Crippen molar-refractivity contribution in [3.63, 3.8) is 0 Å². The molecule has 6 rings (SSSR count). The number of carbonyl (C=O) groups excluding carboxylic acids is 2. The molecule has 0 spiro atoms. The van der Waals surface area contributed by atoms with E-state index in [0.29, 0.717) is 58.8 Å². The van der Waals surface area contributed by atoms with Crippen LogP contribution in [0.25, 0.3) is 5.76 Å². The molecule has 9 nitrogen and oxygen atoms in total. The summed E-state index contributed by atoms with van der Waals surface area (Å²) in [5.41, 5.74) is 1.20. The Morgan fingerprint density at radius 2 is 1.58 bits per heavy atom. The minimum atomic E-state index is -0.964. The molecular weight excluding hydrogens is 466 g/mol. The molecule has 0 radical (unpaired) electrons. The largest absolute Gasteiger partial charge is 0.507 e. The van der Waals surface area contributed by atoms with Gasteiger partial charge in [-0.2, -0.15) is 0 Å². The van der Waals surface area contributed by atoms with Crippen LogP contribution in [0.15, 0.2) is 66.2 Å². The number of hydrogen-bond donors (Lipinski definition) is 1. The lowest BCUT2D eigenvalue weighted by molar-refractivity contribution is -0.132. The minimum Gasteiger partial charge on any atom is -0.507 e. The number of aliphatic hydroxyl groups is 1. The molecule has 1 fully saturated rings. The van der Waals surface area contributed by atoms with Crippen LogP contribution in [0.5, 0.6) is 28.7 Å². The van der Waals surface area contributed by atoms with Gasteiger partial charge in [-0.1, -0.05) is 18.2 Å². The van der Waals surface area contributed by atoms with E-state index in [1.54, 1.807) is 60.7 Å². The fraction of sp³-hybridized carbons (Fsp3) is 0.185. The smallest absolute Gasteiger partial charge is 0.300 e. The van der Waals surface area contributed by atoms with E-state index in [9.17, 15) is 14.7 Å². The highest BCUT2D eigenvalue weighted by atomic mass is 16.7. The van der Waals surface area contributed by atoms with Gasteiger partial charge in [-0.05, 0) is 36.4 Å². The van der Waals surface area contributed by atoms with Crippen molar-refractivity contribution in [2.45, 2.75) is 6.04 Å². The van der Waals surface area contributed by atoms with Gasteiger partial charge in [-0.15, -0.1) is 0 Å². The van der Waals surface area contributed by atoms with Gasteiger partial charge in [-0.3, -0.25) is 14.5 Å². The molecule has 36 heavy (non-hydrogen) atoms. The van der Waals surface area contributed by atoms with Crippen LogP contribution in [-0.2, 0) is 9.59 Å². The molecule has 0 aliphatic carbocycles. The number of carbonyl (C=O) groups is 2. The Kier molecular flexibility index (Phi) is 5.18.